The van der Waals surface area contributed by atoms with Crippen LogP contribution in [-0.4, -0.2) is 4.98 Å². The lowest BCUT2D eigenvalue weighted by Crippen LogP contribution is -2.11. The smallest absolute Gasteiger partial charge is 0.144 e. The molecule has 0 atom stereocenters. The Morgan fingerprint density at radius 3 is 2.35 bits per heavy atom. The summed E-state index contributed by atoms with van der Waals surface area (Å²) >= 11 is 0. The zero-order valence-corrected chi connectivity index (χ0v) is 21.0. The fourth-order valence-electron chi connectivity index (χ4n) is 4.77. The molecule has 0 amide bonds. The molecule has 2 aromatic heterocycles. The summed E-state index contributed by atoms with van der Waals surface area (Å²) in [5, 5.41) is 1.80. The van der Waals surface area contributed by atoms with E-state index in [4.69, 9.17) is 14.0 Å². The van der Waals surface area contributed by atoms with Gasteiger partial charge in [-0.2, -0.15) is 0 Å². The van der Waals surface area contributed by atoms with Gasteiger partial charge in [-0.25, -0.2) is 0 Å². The highest BCUT2D eigenvalue weighted by atomic mass is 16.3. The maximum atomic E-state index is 8.95. The van der Waals surface area contributed by atoms with E-state index in [-0.39, 0.29) is 28.3 Å². The lowest BCUT2D eigenvalue weighted by atomic mass is 9.84. The predicted molar refractivity (Wildman–Crippen MR) is 156 cm³/mol. The van der Waals surface area contributed by atoms with E-state index in [9.17, 15) is 0 Å². The Balaban J connectivity index is 1.60. The van der Waals surface area contributed by atoms with Gasteiger partial charge in [-0.1, -0.05) is 87.5 Å². The van der Waals surface area contributed by atoms with E-state index in [0.29, 0.717) is 28.0 Å². The van der Waals surface area contributed by atoms with Crippen LogP contribution in [0.5, 0.6) is 0 Å². The van der Waals surface area contributed by atoms with Gasteiger partial charge in [0, 0.05) is 30.8 Å². The van der Waals surface area contributed by atoms with Gasteiger partial charge in [0.2, 0.25) is 0 Å². The number of hydrogen-bond donors (Lipinski definition) is 0. The van der Waals surface area contributed by atoms with E-state index in [2.05, 4.69) is 4.98 Å². The third-order valence-corrected chi connectivity index (χ3v) is 6.86. The molecule has 0 saturated heterocycles. The fourth-order valence-corrected chi connectivity index (χ4v) is 4.77. The molecule has 0 bridgehead atoms. The molecule has 6 rings (SSSR count). The Kier molecular flexibility index (Phi) is 3.91. The number of benzene rings is 4. The number of aromatic nitrogens is 1. The zero-order chi connectivity index (χ0) is 31.6. The van der Waals surface area contributed by atoms with Crippen LogP contribution in [0.2, 0.25) is 0 Å². The summed E-state index contributed by atoms with van der Waals surface area (Å²) in [5.41, 5.74) is 4.70. The van der Waals surface area contributed by atoms with Crippen molar-refractivity contribution in [2.45, 2.75) is 39.9 Å². The van der Waals surface area contributed by atoms with Gasteiger partial charge in [0.1, 0.15) is 11.2 Å². The quantitative estimate of drug-likeness (QED) is 0.248. The summed E-state index contributed by atoms with van der Waals surface area (Å²) < 4.78 is 65.1. The summed E-state index contributed by atoms with van der Waals surface area (Å²) in [6.07, 6.45) is 1.27. The van der Waals surface area contributed by atoms with Crippen LogP contribution in [0.1, 0.15) is 47.1 Å². The van der Waals surface area contributed by atoms with E-state index in [1.807, 2.05) is 87.5 Å². The number of rotatable bonds is 3. The maximum Gasteiger partial charge on any atom is 0.144 e. The predicted octanol–water partition coefficient (Wildman–Crippen LogP) is 9.90. The monoisotopic (exact) mass is 488 g/mol. The molecule has 2 nitrogen and oxygen atoms in total. The number of fused-ring (bicyclic) bond motifs is 3. The SMILES string of the molecule is [2H]c1cc(C(C)(C)C)cc(C([2H])([2H])[2H])c1-c1cc(-c2cccc3c2oc2cc(-c4ccccc4)ccc23)ncc1C([2H])([2H])[2H]. The molecule has 0 aliphatic rings. The number of para-hydroxylation sites is 1. The molecule has 4 aromatic carbocycles. The Morgan fingerprint density at radius 1 is 0.730 bits per heavy atom. The van der Waals surface area contributed by atoms with Crippen molar-refractivity contribution < 1.29 is 14.0 Å². The second kappa shape index (κ2) is 8.74. The van der Waals surface area contributed by atoms with Crippen molar-refractivity contribution >= 4 is 21.9 Å². The maximum absolute atomic E-state index is 8.95. The second-order valence-electron chi connectivity index (χ2n) is 10.4. The van der Waals surface area contributed by atoms with Gasteiger partial charge in [0.15, 0.2) is 0 Å². The third-order valence-electron chi connectivity index (χ3n) is 6.86. The van der Waals surface area contributed by atoms with Crippen LogP contribution >= 0.6 is 0 Å². The van der Waals surface area contributed by atoms with Gasteiger partial charge < -0.3 is 4.42 Å². The summed E-state index contributed by atoms with van der Waals surface area (Å²) in [4.78, 5) is 4.54. The van der Waals surface area contributed by atoms with E-state index < -0.39 is 19.1 Å². The molecular weight excluding hydrogens is 450 g/mol. The van der Waals surface area contributed by atoms with Crippen molar-refractivity contribution in [1.82, 2.24) is 4.98 Å². The number of pyridine rings is 1. The highest BCUT2D eigenvalue weighted by Crippen LogP contribution is 2.39. The molecule has 6 aromatic rings. The summed E-state index contributed by atoms with van der Waals surface area (Å²) in [6, 6.07) is 26.5. The number of nitrogens with zero attached hydrogens (tertiary/aromatic N) is 1. The van der Waals surface area contributed by atoms with Crippen molar-refractivity contribution in [3.8, 4) is 33.5 Å². The first-order valence-electron chi connectivity index (χ1n) is 15.8. The van der Waals surface area contributed by atoms with E-state index >= 15 is 0 Å². The Morgan fingerprint density at radius 2 is 1.57 bits per heavy atom. The molecule has 182 valence electrons. The Labute approximate surface area is 228 Å². The van der Waals surface area contributed by atoms with Crippen molar-refractivity contribution in [1.29, 1.82) is 0 Å². The number of aryl methyl sites for hydroxylation is 2. The normalized spacial score (nSPS) is 15.4. The van der Waals surface area contributed by atoms with Gasteiger partial charge in [0.05, 0.1) is 7.06 Å². The molecule has 0 aliphatic carbocycles. The minimum absolute atomic E-state index is 0.0541. The van der Waals surface area contributed by atoms with Gasteiger partial charge in [-0.05, 0) is 82.3 Å². The average molecular weight is 489 g/mol. The largest absolute Gasteiger partial charge is 0.455 e. The van der Waals surface area contributed by atoms with E-state index in [1.165, 1.54) is 6.20 Å². The molecule has 2 heteroatoms. The fraction of sp³-hybridized carbons (Fsp3) is 0.171. The molecule has 0 spiro atoms. The third kappa shape index (κ3) is 4.13. The molecule has 0 fully saturated rings. The van der Waals surface area contributed by atoms with Crippen molar-refractivity contribution in [3.63, 3.8) is 0 Å². The summed E-state index contributed by atoms with van der Waals surface area (Å²) in [7, 11) is 0. The molecule has 0 radical (unpaired) electrons. The summed E-state index contributed by atoms with van der Waals surface area (Å²) in [6.45, 7) is 0.651. The zero-order valence-electron chi connectivity index (χ0n) is 28.0. The van der Waals surface area contributed by atoms with Crippen LogP contribution in [0.25, 0.3) is 55.4 Å². The van der Waals surface area contributed by atoms with Crippen molar-refractivity contribution in [3.05, 3.63) is 114 Å². The topological polar surface area (TPSA) is 26.0 Å². The molecule has 2 heterocycles. The van der Waals surface area contributed by atoms with Gasteiger partial charge in [-0.3, -0.25) is 4.98 Å². The molecule has 0 unspecified atom stereocenters. The van der Waals surface area contributed by atoms with Crippen LogP contribution in [0, 0.1) is 13.7 Å². The standard InChI is InChI=1S/C35H31NO/c1-22-18-26(35(3,4)5)15-17-27(22)31-20-32(36-21-23(31)2)30-13-9-12-29-28-16-14-25(19-33(28)37-34(29)30)24-10-7-6-8-11-24/h6-21H,1-5H3/i1D3,2D3,17D. The second-order valence-corrected chi connectivity index (χ2v) is 10.4. The molecule has 0 saturated carbocycles. The van der Waals surface area contributed by atoms with Gasteiger partial charge in [-0.15, -0.1) is 0 Å². The lowest BCUT2D eigenvalue weighted by Gasteiger charge is -2.21. The van der Waals surface area contributed by atoms with Crippen LogP contribution < -0.4 is 0 Å². The first-order valence-corrected chi connectivity index (χ1v) is 12.3. The van der Waals surface area contributed by atoms with Gasteiger partial charge in [0.25, 0.3) is 0 Å². The molecule has 0 N–H and O–H groups in total. The van der Waals surface area contributed by atoms with Crippen LogP contribution in [0.3, 0.4) is 0 Å². The molecule has 37 heavy (non-hydrogen) atoms. The Bertz CT molecular complexity index is 2030. The van der Waals surface area contributed by atoms with Crippen molar-refractivity contribution in [2.24, 2.45) is 0 Å². The van der Waals surface area contributed by atoms with E-state index in [1.54, 1.807) is 18.2 Å². The summed E-state index contributed by atoms with van der Waals surface area (Å²) in [5.74, 6) is 0. The minimum Gasteiger partial charge on any atom is -0.455 e. The lowest BCUT2D eigenvalue weighted by molar-refractivity contribution is 0.590. The van der Waals surface area contributed by atoms with Crippen LogP contribution in [0.4, 0.5) is 0 Å². The molecule has 0 aliphatic heterocycles. The van der Waals surface area contributed by atoms with E-state index in [0.717, 1.165) is 21.9 Å². The highest BCUT2D eigenvalue weighted by Gasteiger charge is 2.18. The average Bonchev–Trinajstić information content (AvgIpc) is 3.33. The number of hydrogen-bond acceptors (Lipinski definition) is 2. The highest BCUT2D eigenvalue weighted by molar-refractivity contribution is 6.10. The molecular formula is C35H31NO. The van der Waals surface area contributed by atoms with Crippen LogP contribution in [-0.2, 0) is 5.41 Å². The Hall–Kier alpha value is -4.17. The number of furan rings is 1. The van der Waals surface area contributed by atoms with Crippen LogP contribution in [0.15, 0.2) is 102 Å². The first kappa shape index (κ1) is 16.6. The van der Waals surface area contributed by atoms with Gasteiger partial charge >= 0.3 is 0 Å². The first-order chi connectivity index (χ1) is 20.6. The van der Waals surface area contributed by atoms with Crippen molar-refractivity contribution in [2.75, 3.05) is 0 Å². The minimum atomic E-state index is -2.60.